The number of fused-ring (bicyclic) bond motifs is 1. The molecule has 0 aliphatic rings. The van der Waals surface area contributed by atoms with Crippen LogP contribution in [0.2, 0.25) is 0 Å². The molecule has 4 rings (SSSR count). The van der Waals surface area contributed by atoms with E-state index in [1.807, 2.05) is 0 Å². The van der Waals surface area contributed by atoms with Crippen LogP contribution in [0.25, 0.3) is 22.3 Å². The molecule has 4 aromatic rings. The molecule has 30 heavy (non-hydrogen) atoms. The molecule has 0 radical (unpaired) electrons. The third-order valence-electron chi connectivity index (χ3n) is 4.50. The van der Waals surface area contributed by atoms with Crippen molar-refractivity contribution in [2.45, 2.75) is 0 Å². The topological polar surface area (TPSA) is 118 Å². The van der Waals surface area contributed by atoms with Gasteiger partial charge in [-0.05, 0) is 60.7 Å². The van der Waals surface area contributed by atoms with Gasteiger partial charge in [-0.3, -0.25) is 4.79 Å². The number of hydrogen-bond acceptors (Lipinski definition) is 7. The number of hydrogen-bond donors (Lipinski definition) is 2. The Morgan fingerprint density at radius 3 is 2.20 bits per heavy atom. The molecule has 0 saturated heterocycles. The Balaban J connectivity index is 1.65. The van der Waals surface area contributed by atoms with Crippen molar-refractivity contribution in [3.05, 3.63) is 82.5 Å². The number of nitrogens with two attached hydrogens (primary N) is 2. The number of nitrogen functional groups attached to an aromatic ring is 2. The van der Waals surface area contributed by atoms with E-state index < -0.39 is 5.97 Å². The predicted molar refractivity (Wildman–Crippen MR) is 115 cm³/mol. The van der Waals surface area contributed by atoms with Gasteiger partial charge < -0.3 is 25.4 Å². The highest BCUT2D eigenvalue weighted by atomic mass is 16.5. The maximum absolute atomic E-state index is 12.6. The molecule has 0 atom stereocenters. The second-order valence-corrected chi connectivity index (χ2v) is 6.64. The Hall–Kier alpha value is -4.26. The summed E-state index contributed by atoms with van der Waals surface area (Å²) in [6.45, 7) is 0. The summed E-state index contributed by atoms with van der Waals surface area (Å²) >= 11 is 0. The summed E-state index contributed by atoms with van der Waals surface area (Å²) in [7, 11) is 1.58. The molecule has 0 fully saturated rings. The molecule has 0 unspecified atom stereocenters. The lowest BCUT2D eigenvalue weighted by atomic mass is 10.1. The summed E-state index contributed by atoms with van der Waals surface area (Å²) in [6.07, 6.45) is 0. The van der Waals surface area contributed by atoms with Gasteiger partial charge in [0.1, 0.15) is 22.8 Å². The van der Waals surface area contributed by atoms with Crippen molar-refractivity contribution in [2.24, 2.45) is 0 Å². The van der Waals surface area contributed by atoms with Gasteiger partial charge in [0, 0.05) is 23.0 Å². The van der Waals surface area contributed by atoms with E-state index in [0.29, 0.717) is 33.9 Å². The van der Waals surface area contributed by atoms with Crippen LogP contribution in [0.5, 0.6) is 11.5 Å². The Bertz CT molecular complexity index is 1290. The second-order valence-electron chi connectivity index (χ2n) is 6.64. The first-order valence-corrected chi connectivity index (χ1v) is 9.03. The Kier molecular flexibility index (Phi) is 4.85. The lowest BCUT2D eigenvalue weighted by molar-refractivity contribution is 0.0735. The van der Waals surface area contributed by atoms with Gasteiger partial charge >= 0.3 is 5.97 Å². The van der Waals surface area contributed by atoms with E-state index in [0.717, 1.165) is 5.56 Å². The molecule has 150 valence electrons. The highest BCUT2D eigenvalue weighted by Crippen LogP contribution is 2.26. The lowest BCUT2D eigenvalue weighted by Crippen LogP contribution is -2.10. The third kappa shape index (κ3) is 3.81. The molecule has 0 aliphatic carbocycles. The zero-order valence-electron chi connectivity index (χ0n) is 16.0. The fraction of sp³-hybridized carbons (Fsp3) is 0.0435. The first kappa shape index (κ1) is 19.1. The van der Waals surface area contributed by atoms with Gasteiger partial charge in [0.2, 0.25) is 0 Å². The van der Waals surface area contributed by atoms with Gasteiger partial charge in [0.25, 0.3) is 0 Å². The van der Waals surface area contributed by atoms with Crippen LogP contribution in [-0.4, -0.2) is 13.1 Å². The largest absolute Gasteiger partial charge is 0.497 e. The molecule has 7 nitrogen and oxygen atoms in total. The monoisotopic (exact) mass is 402 g/mol. The van der Waals surface area contributed by atoms with Crippen LogP contribution in [0.3, 0.4) is 0 Å². The lowest BCUT2D eigenvalue weighted by Gasteiger charge is -2.08. The number of carbonyl (C=O) groups excluding carboxylic acids is 1. The summed E-state index contributed by atoms with van der Waals surface area (Å²) in [5.74, 6) is 0.705. The van der Waals surface area contributed by atoms with Crippen LogP contribution in [0.15, 0.2) is 75.9 Å². The number of carbonyl (C=O) groups is 1. The van der Waals surface area contributed by atoms with E-state index in [4.69, 9.17) is 25.4 Å². The molecule has 0 saturated carbocycles. The molecule has 3 aromatic carbocycles. The minimum Gasteiger partial charge on any atom is -0.497 e. The minimum atomic E-state index is -0.632. The quantitative estimate of drug-likeness (QED) is 0.302. The Morgan fingerprint density at radius 2 is 1.53 bits per heavy atom. The molecule has 0 amide bonds. The van der Waals surface area contributed by atoms with Crippen molar-refractivity contribution in [2.75, 3.05) is 18.6 Å². The minimum absolute atomic E-state index is 0.206. The first-order valence-electron chi connectivity index (χ1n) is 9.03. The zero-order chi connectivity index (χ0) is 21.3. The van der Waals surface area contributed by atoms with Gasteiger partial charge in [-0.25, -0.2) is 4.79 Å². The molecule has 7 heteroatoms. The fourth-order valence-electron chi connectivity index (χ4n) is 3.06. The van der Waals surface area contributed by atoms with Crippen molar-refractivity contribution in [1.82, 2.24) is 0 Å². The number of benzene rings is 3. The van der Waals surface area contributed by atoms with Gasteiger partial charge in [-0.2, -0.15) is 0 Å². The van der Waals surface area contributed by atoms with Crippen LogP contribution in [0.1, 0.15) is 10.4 Å². The van der Waals surface area contributed by atoms with Crippen molar-refractivity contribution >= 4 is 28.3 Å². The van der Waals surface area contributed by atoms with Crippen LogP contribution in [0.4, 0.5) is 11.4 Å². The van der Waals surface area contributed by atoms with Gasteiger partial charge in [-0.1, -0.05) is 0 Å². The first-order chi connectivity index (χ1) is 14.4. The molecule has 0 bridgehead atoms. The van der Waals surface area contributed by atoms with Crippen molar-refractivity contribution in [3.8, 4) is 22.8 Å². The van der Waals surface area contributed by atoms with E-state index in [-0.39, 0.29) is 16.7 Å². The molecular weight excluding hydrogens is 384 g/mol. The summed E-state index contributed by atoms with van der Waals surface area (Å²) in [4.78, 5) is 25.0. The van der Waals surface area contributed by atoms with E-state index in [2.05, 4.69) is 0 Å². The maximum Gasteiger partial charge on any atom is 0.343 e. The summed E-state index contributed by atoms with van der Waals surface area (Å²) < 4.78 is 16.4. The molecule has 1 aromatic heterocycles. The van der Waals surface area contributed by atoms with Crippen molar-refractivity contribution < 1.29 is 18.7 Å². The van der Waals surface area contributed by atoms with E-state index in [1.165, 1.54) is 24.3 Å². The third-order valence-corrected chi connectivity index (χ3v) is 4.50. The summed E-state index contributed by atoms with van der Waals surface area (Å²) in [5, 5.41) is 0.296. The second kappa shape index (κ2) is 7.63. The zero-order valence-corrected chi connectivity index (χ0v) is 16.0. The van der Waals surface area contributed by atoms with Crippen LogP contribution in [-0.2, 0) is 0 Å². The average molecular weight is 402 g/mol. The fourth-order valence-corrected chi connectivity index (χ4v) is 3.06. The number of rotatable bonds is 4. The molecule has 0 aliphatic heterocycles. The Labute approximate surface area is 171 Å². The molecule has 1 heterocycles. The number of methoxy groups -OCH3 is 1. The van der Waals surface area contributed by atoms with Crippen molar-refractivity contribution in [3.63, 3.8) is 0 Å². The molecular formula is C23H18N2O5. The van der Waals surface area contributed by atoms with Crippen molar-refractivity contribution in [1.29, 1.82) is 0 Å². The Morgan fingerprint density at radius 1 is 0.867 bits per heavy atom. The molecule has 4 N–H and O–H groups in total. The standard InChI is InChI=1S/C23H18N2O5/c1-28-17-4-2-13(3-5-17)22-12-20(26)19-11-18(6-7-21(19)30-22)29-23(27)14-8-15(24)10-16(25)9-14/h2-12H,24-25H2,1H3. The predicted octanol–water partition coefficient (Wildman–Crippen LogP) is 3.85. The smallest absolute Gasteiger partial charge is 0.343 e. The van der Waals surface area contributed by atoms with Crippen LogP contribution in [0, 0.1) is 0 Å². The molecule has 0 spiro atoms. The van der Waals surface area contributed by atoms with E-state index >= 15 is 0 Å². The van der Waals surface area contributed by atoms with Gasteiger partial charge in [0.15, 0.2) is 5.43 Å². The summed E-state index contributed by atoms with van der Waals surface area (Å²) in [5.41, 5.74) is 13.2. The maximum atomic E-state index is 12.6. The number of esters is 1. The summed E-state index contributed by atoms with van der Waals surface area (Å²) in [6, 6.07) is 17.6. The van der Waals surface area contributed by atoms with Crippen LogP contribution >= 0.6 is 0 Å². The van der Waals surface area contributed by atoms with E-state index in [1.54, 1.807) is 49.6 Å². The van der Waals surface area contributed by atoms with Gasteiger partial charge in [-0.15, -0.1) is 0 Å². The highest BCUT2D eigenvalue weighted by Gasteiger charge is 2.13. The number of anilines is 2. The normalized spacial score (nSPS) is 10.7. The van der Waals surface area contributed by atoms with Gasteiger partial charge in [0.05, 0.1) is 18.1 Å². The highest BCUT2D eigenvalue weighted by molar-refractivity contribution is 5.93. The van der Waals surface area contributed by atoms with E-state index in [9.17, 15) is 9.59 Å². The SMILES string of the molecule is COc1ccc(-c2cc(=O)c3cc(OC(=O)c4cc(N)cc(N)c4)ccc3o2)cc1. The average Bonchev–Trinajstić information content (AvgIpc) is 2.73. The van der Waals surface area contributed by atoms with Crippen LogP contribution < -0.4 is 26.4 Å². The number of ether oxygens (including phenoxy) is 2.